The molecule has 0 saturated carbocycles. The lowest BCUT2D eigenvalue weighted by Gasteiger charge is -2.10. The lowest BCUT2D eigenvalue weighted by atomic mass is 10.0. The average molecular weight is 318 g/mol. The second kappa shape index (κ2) is 6.25. The zero-order valence-electron chi connectivity index (χ0n) is 11.7. The molecular formula is C17H20BrN. The van der Waals surface area contributed by atoms with Crippen molar-refractivity contribution in [3.8, 4) is 0 Å². The molecule has 2 aromatic rings. The van der Waals surface area contributed by atoms with E-state index in [-0.39, 0.29) is 0 Å². The fourth-order valence-electron chi connectivity index (χ4n) is 1.94. The zero-order chi connectivity index (χ0) is 13.8. The van der Waals surface area contributed by atoms with Gasteiger partial charge in [-0.15, -0.1) is 0 Å². The number of nitrogens with one attached hydrogen (secondary N) is 1. The van der Waals surface area contributed by atoms with Crippen LogP contribution in [0.4, 0.5) is 5.69 Å². The molecule has 0 saturated heterocycles. The van der Waals surface area contributed by atoms with E-state index in [4.69, 9.17) is 0 Å². The van der Waals surface area contributed by atoms with Crippen LogP contribution in [0, 0.1) is 6.92 Å². The van der Waals surface area contributed by atoms with Gasteiger partial charge in [-0.25, -0.2) is 0 Å². The van der Waals surface area contributed by atoms with Crippen LogP contribution in [0.3, 0.4) is 0 Å². The molecule has 1 nitrogen and oxygen atoms in total. The molecule has 0 unspecified atom stereocenters. The van der Waals surface area contributed by atoms with E-state index < -0.39 is 0 Å². The van der Waals surface area contributed by atoms with Gasteiger partial charge >= 0.3 is 0 Å². The number of rotatable bonds is 4. The minimum atomic E-state index is 0.585. The Morgan fingerprint density at radius 2 is 1.74 bits per heavy atom. The maximum Gasteiger partial charge on any atom is 0.0401 e. The first-order valence-corrected chi connectivity index (χ1v) is 7.44. The molecule has 0 radical (unpaired) electrons. The van der Waals surface area contributed by atoms with E-state index in [0.29, 0.717) is 5.92 Å². The van der Waals surface area contributed by atoms with Gasteiger partial charge in [-0.2, -0.15) is 0 Å². The van der Waals surface area contributed by atoms with Crippen LogP contribution < -0.4 is 5.32 Å². The molecule has 2 aromatic carbocycles. The van der Waals surface area contributed by atoms with Crippen molar-refractivity contribution in [3.05, 3.63) is 63.6 Å². The molecule has 0 bridgehead atoms. The molecular weight excluding hydrogens is 298 g/mol. The fourth-order valence-corrected chi connectivity index (χ4v) is 2.36. The Morgan fingerprint density at radius 3 is 2.32 bits per heavy atom. The van der Waals surface area contributed by atoms with Gasteiger partial charge in [0.05, 0.1) is 0 Å². The monoisotopic (exact) mass is 317 g/mol. The van der Waals surface area contributed by atoms with Crippen LogP contribution in [-0.2, 0) is 6.54 Å². The van der Waals surface area contributed by atoms with Gasteiger partial charge in [-0.1, -0.05) is 54.0 Å². The third-order valence-corrected chi connectivity index (χ3v) is 4.16. The Labute approximate surface area is 124 Å². The molecule has 0 atom stereocenters. The van der Waals surface area contributed by atoms with E-state index in [9.17, 15) is 0 Å². The van der Waals surface area contributed by atoms with E-state index in [0.717, 1.165) is 6.54 Å². The Bertz CT molecular complexity index is 544. The van der Waals surface area contributed by atoms with Gasteiger partial charge in [0.25, 0.3) is 0 Å². The summed E-state index contributed by atoms with van der Waals surface area (Å²) in [5.74, 6) is 0.585. The van der Waals surface area contributed by atoms with Crippen LogP contribution in [0.2, 0.25) is 0 Å². The quantitative estimate of drug-likeness (QED) is 0.785. The Balaban J connectivity index is 2.00. The first-order chi connectivity index (χ1) is 9.06. The minimum absolute atomic E-state index is 0.585. The molecule has 0 aromatic heterocycles. The van der Waals surface area contributed by atoms with E-state index in [1.165, 1.54) is 26.9 Å². The summed E-state index contributed by atoms with van der Waals surface area (Å²) in [6, 6.07) is 15.2. The van der Waals surface area contributed by atoms with Crippen molar-refractivity contribution in [1.29, 1.82) is 0 Å². The van der Waals surface area contributed by atoms with Crippen molar-refractivity contribution in [2.75, 3.05) is 5.32 Å². The van der Waals surface area contributed by atoms with Crippen LogP contribution in [0.1, 0.15) is 36.5 Å². The Kier molecular flexibility index (Phi) is 4.65. The molecule has 100 valence electrons. The van der Waals surface area contributed by atoms with E-state index in [2.05, 4.69) is 84.5 Å². The van der Waals surface area contributed by atoms with Crippen LogP contribution in [0.5, 0.6) is 0 Å². The highest BCUT2D eigenvalue weighted by atomic mass is 79.9. The van der Waals surface area contributed by atoms with Crippen LogP contribution in [0.15, 0.2) is 46.9 Å². The Hall–Kier alpha value is -1.28. The van der Waals surface area contributed by atoms with Crippen molar-refractivity contribution in [2.24, 2.45) is 0 Å². The average Bonchev–Trinajstić information content (AvgIpc) is 2.40. The third-order valence-electron chi connectivity index (χ3n) is 3.31. The zero-order valence-corrected chi connectivity index (χ0v) is 13.3. The van der Waals surface area contributed by atoms with Crippen LogP contribution in [-0.4, -0.2) is 0 Å². The number of aryl methyl sites for hydroxylation is 1. The maximum atomic E-state index is 3.57. The molecule has 0 aliphatic rings. The molecule has 0 fully saturated rings. The number of benzene rings is 2. The molecule has 0 spiro atoms. The van der Waals surface area contributed by atoms with E-state index >= 15 is 0 Å². The fraction of sp³-hybridized carbons (Fsp3) is 0.294. The van der Waals surface area contributed by atoms with Gasteiger partial charge in [-0.3, -0.25) is 0 Å². The summed E-state index contributed by atoms with van der Waals surface area (Å²) < 4.78 is 1.17. The molecule has 2 heteroatoms. The van der Waals surface area contributed by atoms with Gasteiger partial charge in [0.1, 0.15) is 0 Å². The summed E-state index contributed by atoms with van der Waals surface area (Å²) in [4.78, 5) is 0. The van der Waals surface area contributed by atoms with Crippen molar-refractivity contribution in [3.63, 3.8) is 0 Å². The van der Waals surface area contributed by atoms with Gasteiger partial charge in [-0.05, 0) is 47.7 Å². The first kappa shape index (κ1) is 14.1. The molecule has 2 rings (SSSR count). The summed E-state index contributed by atoms with van der Waals surface area (Å²) in [7, 11) is 0. The number of hydrogen-bond acceptors (Lipinski definition) is 1. The SMILES string of the molecule is Cc1ccc(CNc2ccc(C(C)C)cc2)cc1Br. The summed E-state index contributed by atoms with van der Waals surface area (Å²) in [6.45, 7) is 7.38. The summed E-state index contributed by atoms with van der Waals surface area (Å²) in [6.07, 6.45) is 0. The number of hydrogen-bond donors (Lipinski definition) is 1. The maximum absolute atomic E-state index is 3.57. The molecule has 19 heavy (non-hydrogen) atoms. The molecule has 0 aliphatic heterocycles. The second-order valence-corrected chi connectivity index (χ2v) is 6.07. The van der Waals surface area contributed by atoms with Crippen LogP contribution >= 0.6 is 15.9 Å². The minimum Gasteiger partial charge on any atom is -0.381 e. The highest BCUT2D eigenvalue weighted by Gasteiger charge is 2.00. The topological polar surface area (TPSA) is 12.0 Å². The normalized spacial score (nSPS) is 10.8. The third kappa shape index (κ3) is 3.84. The Morgan fingerprint density at radius 1 is 1.05 bits per heavy atom. The smallest absolute Gasteiger partial charge is 0.0401 e. The van der Waals surface area contributed by atoms with Gasteiger partial charge < -0.3 is 5.32 Å². The van der Waals surface area contributed by atoms with Crippen molar-refractivity contribution >= 4 is 21.6 Å². The molecule has 0 aliphatic carbocycles. The van der Waals surface area contributed by atoms with Gasteiger partial charge in [0, 0.05) is 16.7 Å². The second-order valence-electron chi connectivity index (χ2n) is 5.21. The summed E-state index contributed by atoms with van der Waals surface area (Å²) >= 11 is 3.57. The van der Waals surface area contributed by atoms with Crippen LogP contribution in [0.25, 0.3) is 0 Å². The summed E-state index contributed by atoms with van der Waals surface area (Å²) in [5, 5.41) is 3.45. The van der Waals surface area contributed by atoms with Crippen molar-refractivity contribution < 1.29 is 0 Å². The van der Waals surface area contributed by atoms with Crippen molar-refractivity contribution in [1.82, 2.24) is 0 Å². The summed E-state index contributed by atoms with van der Waals surface area (Å²) in [5.41, 5.74) is 5.10. The van der Waals surface area contributed by atoms with E-state index in [1.54, 1.807) is 0 Å². The predicted octanol–water partition coefficient (Wildman–Crippen LogP) is 5.49. The first-order valence-electron chi connectivity index (χ1n) is 6.65. The van der Waals surface area contributed by atoms with E-state index in [1.807, 2.05) is 0 Å². The number of anilines is 1. The number of halogens is 1. The molecule has 1 N–H and O–H groups in total. The van der Waals surface area contributed by atoms with Gasteiger partial charge in [0.15, 0.2) is 0 Å². The lowest BCUT2D eigenvalue weighted by molar-refractivity contribution is 0.867. The molecule has 0 heterocycles. The van der Waals surface area contributed by atoms with Gasteiger partial charge in [0.2, 0.25) is 0 Å². The largest absolute Gasteiger partial charge is 0.381 e. The lowest BCUT2D eigenvalue weighted by Crippen LogP contribution is -2.00. The standard InChI is InChI=1S/C17H20BrN/c1-12(2)15-6-8-16(9-7-15)19-11-14-5-4-13(3)17(18)10-14/h4-10,12,19H,11H2,1-3H3. The highest BCUT2D eigenvalue weighted by Crippen LogP contribution is 2.20. The predicted molar refractivity (Wildman–Crippen MR) is 86.7 cm³/mol. The van der Waals surface area contributed by atoms with Crippen molar-refractivity contribution in [2.45, 2.75) is 33.2 Å². The highest BCUT2D eigenvalue weighted by molar-refractivity contribution is 9.10. The molecule has 0 amide bonds.